The summed E-state index contributed by atoms with van der Waals surface area (Å²) in [6, 6.07) is 1.17. The molecule has 0 heterocycles. The third-order valence-electron chi connectivity index (χ3n) is 6.92. The average Bonchev–Trinajstić information content (AvgIpc) is 3.50. The van der Waals surface area contributed by atoms with Gasteiger partial charge in [-0.1, -0.05) is 32.1 Å². The maximum atomic E-state index is 11.3. The summed E-state index contributed by atoms with van der Waals surface area (Å²) < 4.78 is 0. The third kappa shape index (κ3) is 6.78. The van der Waals surface area contributed by atoms with Crippen LogP contribution in [0.1, 0.15) is 95.6 Å². The fourth-order valence-corrected chi connectivity index (χ4v) is 4.28. The molecule has 0 bridgehead atoms. The first-order valence-corrected chi connectivity index (χ1v) is 11.7. The Labute approximate surface area is 190 Å². The average molecular weight is 451 g/mol. The second kappa shape index (κ2) is 10.9. The van der Waals surface area contributed by atoms with Gasteiger partial charge in [-0.15, -0.1) is 0 Å². The van der Waals surface area contributed by atoms with E-state index >= 15 is 0 Å². The summed E-state index contributed by atoms with van der Waals surface area (Å²) in [5.74, 6) is -2.04. The largest absolute Gasteiger partial charge is 0.508 e. The maximum absolute atomic E-state index is 11.3. The van der Waals surface area contributed by atoms with E-state index in [0.717, 1.165) is 57.8 Å². The second-order valence-corrected chi connectivity index (χ2v) is 9.97. The molecule has 1 aromatic rings. The molecule has 7 heteroatoms. The zero-order chi connectivity index (χ0) is 23.9. The van der Waals surface area contributed by atoms with Crippen LogP contribution in [0.4, 0.5) is 0 Å². The summed E-state index contributed by atoms with van der Waals surface area (Å²) >= 11 is 0. The molecule has 1 aliphatic carbocycles. The molecule has 5 N–H and O–H groups in total. The molecule has 0 atom stereocenters. The summed E-state index contributed by atoms with van der Waals surface area (Å²) in [6.07, 6.45) is 9.62. The minimum atomic E-state index is -0.794. The number of phenols is 3. The van der Waals surface area contributed by atoms with E-state index in [9.17, 15) is 35.1 Å². The van der Waals surface area contributed by atoms with E-state index in [-0.39, 0.29) is 17.2 Å². The molecule has 0 aromatic heterocycles. The number of rotatable bonds is 15. The fraction of sp³-hybridized carbons (Fsp3) is 0.680. The van der Waals surface area contributed by atoms with Crippen molar-refractivity contribution in [1.82, 2.24) is 0 Å². The lowest BCUT2D eigenvalue weighted by Crippen LogP contribution is -2.23. The Morgan fingerprint density at radius 2 is 1.41 bits per heavy atom. The highest BCUT2D eigenvalue weighted by Gasteiger charge is 2.49. The third-order valence-corrected chi connectivity index (χ3v) is 6.92. The van der Waals surface area contributed by atoms with Crippen molar-refractivity contribution < 1.29 is 35.1 Å². The van der Waals surface area contributed by atoms with Crippen LogP contribution in [0.3, 0.4) is 0 Å². The van der Waals surface area contributed by atoms with E-state index in [1.165, 1.54) is 6.07 Å². The zero-order valence-corrected chi connectivity index (χ0v) is 19.3. The van der Waals surface area contributed by atoms with Gasteiger partial charge in [0.05, 0.1) is 10.8 Å². The normalized spacial score (nSPS) is 14.9. The summed E-state index contributed by atoms with van der Waals surface area (Å²) in [5, 5.41) is 49.1. The van der Waals surface area contributed by atoms with Crippen LogP contribution in [0.15, 0.2) is 6.07 Å². The van der Waals surface area contributed by atoms with Gasteiger partial charge in [0, 0.05) is 17.2 Å². The lowest BCUT2D eigenvalue weighted by Gasteiger charge is -2.18. The van der Waals surface area contributed by atoms with Crippen LogP contribution in [-0.2, 0) is 22.4 Å². The van der Waals surface area contributed by atoms with E-state index in [1.54, 1.807) is 13.8 Å². The second-order valence-electron chi connectivity index (χ2n) is 9.97. The van der Waals surface area contributed by atoms with Crippen LogP contribution in [0.5, 0.6) is 17.2 Å². The van der Waals surface area contributed by atoms with Crippen molar-refractivity contribution in [2.24, 2.45) is 10.8 Å². The molecule has 0 aliphatic heterocycles. The van der Waals surface area contributed by atoms with Crippen LogP contribution >= 0.6 is 0 Å². The molecule has 0 amide bonds. The Morgan fingerprint density at radius 1 is 0.844 bits per heavy atom. The first kappa shape index (κ1) is 25.8. The number of aromatic hydroxyl groups is 3. The minimum absolute atomic E-state index is 0.0253. The van der Waals surface area contributed by atoms with Crippen LogP contribution in [0, 0.1) is 10.8 Å². The van der Waals surface area contributed by atoms with Crippen LogP contribution in [0.2, 0.25) is 0 Å². The molecule has 0 unspecified atom stereocenters. The number of carbonyl (C=O) groups is 2. The van der Waals surface area contributed by atoms with Gasteiger partial charge in [0.2, 0.25) is 0 Å². The molecule has 32 heavy (non-hydrogen) atoms. The Kier molecular flexibility index (Phi) is 8.81. The van der Waals surface area contributed by atoms with Crippen molar-refractivity contribution in [3.8, 4) is 17.2 Å². The molecule has 1 fully saturated rings. The number of aliphatic carboxylic acids is 2. The zero-order valence-electron chi connectivity index (χ0n) is 19.3. The smallest absolute Gasteiger partial charge is 0.309 e. The van der Waals surface area contributed by atoms with E-state index in [0.29, 0.717) is 36.8 Å². The van der Waals surface area contributed by atoms with Gasteiger partial charge in [0.15, 0.2) is 11.5 Å². The van der Waals surface area contributed by atoms with Crippen molar-refractivity contribution in [3.05, 3.63) is 17.2 Å². The van der Waals surface area contributed by atoms with E-state index < -0.39 is 22.8 Å². The predicted octanol–water partition coefficient (Wildman–Crippen LogP) is 5.37. The van der Waals surface area contributed by atoms with Gasteiger partial charge in [-0.05, 0) is 65.2 Å². The molecular formula is C25H38O7. The Hall–Kier alpha value is -2.44. The minimum Gasteiger partial charge on any atom is -0.508 e. The van der Waals surface area contributed by atoms with Gasteiger partial charge in [-0.3, -0.25) is 9.59 Å². The highest BCUT2D eigenvalue weighted by molar-refractivity contribution is 5.77. The maximum Gasteiger partial charge on any atom is 0.309 e. The van der Waals surface area contributed by atoms with E-state index in [1.807, 2.05) is 0 Å². The van der Waals surface area contributed by atoms with Crippen molar-refractivity contribution in [2.75, 3.05) is 0 Å². The molecule has 0 saturated heterocycles. The number of carboxylic acids is 2. The number of carboxylic acid groups (broad SMARTS) is 2. The molecule has 1 aliphatic rings. The standard InChI is InChI=1S/C25H38O7/c1-24(2,22(29)30)12-8-4-3-6-11-18-17(19(26)16-20(27)21(18)28)10-7-5-9-13-25(14-15-25)23(31)32/h16,26-28H,3-15H2,1-2H3,(H,29,30)(H,31,32). The number of unbranched alkanes of at least 4 members (excludes halogenated alkanes) is 5. The van der Waals surface area contributed by atoms with Gasteiger partial charge < -0.3 is 25.5 Å². The highest BCUT2D eigenvalue weighted by Crippen LogP contribution is 2.50. The van der Waals surface area contributed by atoms with Gasteiger partial charge >= 0.3 is 11.9 Å². The first-order chi connectivity index (χ1) is 15.0. The Balaban J connectivity index is 1.83. The van der Waals surface area contributed by atoms with Crippen molar-refractivity contribution in [3.63, 3.8) is 0 Å². The molecule has 2 rings (SSSR count). The lowest BCUT2D eigenvalue weighted by molar-refractivity contribution is -0.147. The molecule has 7 nitrogen and oxygen atoms in total. The number of hydrogen-bond acceptors (Lipinski definition) is 5. The number of hydrogen-bond donors (Lipinski definition) is 5. The van der Waals surface area contributed by atoms with Crippen molar-refractivity contribution >= 4 is 11.9 Å². The molecule has 0 radical (unpaired) electrons. The predicted molar refractivity (Wildman–Crippen MR) is 121 cm³/mol. The van der Waals surface area contributed by atoms with Crippen LogP contribution < -0.4 is 0 Å². The molecule has 0 spiro atoms. The van der Waals surface area contributed by atoms with Crippen molar-refractivity contribution in [1.29, 1.82) is 0 Å². The van der Waals surface area contributed by atoms with E-state index in [4.69, 9.17) is 0 Å². The molecule has 180 valence electrons. The molecule has 1 aromatic carbocycles. The summed E-state index contributed by atoms with van der Waals surface area (Å²) in [7, 11) is 0. The van der Waals surface area contributed by atoms with Gasteiger partial charge in [0.1, 0.15) is 5.75 Å². The molecule has 1 saturated carbocycles. The van der Waals surface area contributed by atoms with Gasteiger partial charge in [-0.2, -0.15) is 0 Å². The SMILES string of the molecule is CC(C)(CCCCCCc1c(O)c(O)cc(O)c1CCCCCC1(C(=O)O)CC1)C(=O)O. The lowest BCUT2D eigenvalue weighted by atomic mass is 9.87. The highest BCUT2D eigenvalue weighted by atomic mass is 16.4. The summed E-state index contributed by atoms with van der Waals surface area (Å²) in [5.41, 5.74) is -0.0280. The van der Waals surface area contributed by atoms with Crippen LogP contribution in [0.25, 0.3) is 0 Å². The monoisotopic (exact) mass is 450 g/mol. The number of phenolic OH excluding ortho intramolecular Hbond substituents is 3. The summed E-state index contributed by atoms with van der Waals surface area (Å²) in [4.78, 5) is 22.4. The molecular weight excluding hydrogens is 412 g/mol. The Morgan fingerprint density at radius 3 is 1.97 bits per heavy atom. The van der Waals surface area contributed by atoms with Crippen LogP contribution in [-0.4, -0.2) is 37.5 Å². The van der Waals surface area contributed by atoms with Gasteiger partial charge in [-0.25, -0.2) is 0 Å². The fourth-order valence-electron chi connectivity index (χ4n) is 4.28. The van der Waals surface area contributed by atoms with Gasteiger partial charge in [0.25, 0.3) is 0 Å². The van der Waals surface area contributed by atoms with E-state index in [2.05, 4.69) is 0 Å². The first-order valence-electron chi connectivity index (χ1n) is 11.7. The number of benzene rings is 1. The quantitative estimate of drug-likeness (QED) is 0.138. The van der Waals surface area contributed by atoms with Crippen molar-refractivity contribution in [2.45, 2.75) is 97.3 Å². The summed E-state index contributed by atoms with van der Waals surface area (Å²) in [6.45, 7) is 3.45. The topological polar surface area (TPSA) is 135 Å². The Bertz CT molecular complexity index is 809.